The van der Waals surface area contributed by atoms with E-state index in [-0.39, 0.29) is 6.29 Å². The Morgan fingerprint density at radius 1 is 1.09 bits per heavy atom. The normalized spacial score (nSPS) is 44.9. The van der Waals surface area contributed by atoms with Crippen molar-refractivity contribution in [3.63, 3.8) is 0 Å². The first-order chi connectivity index (χ1) is 16.3. The molecule has 3 saturated carbocycles. The molecule has 34 heavy (non-hydrogen) atoms. The fourth-order valence-corrected chi connectivity index (χ4v) is 9.31. The van der Waals surface area contributed by atoms with Gasteiger partial charge in [0.25, 0.3) is 0 Å². The van der Waals surface area contributed by atoms with E-state index in [4.69, 9.17) is 9.47 Å². The van der Waals surface area contributed by atoms with Gasteiger partial charge in [-0.05, 0) is 131 Å². The van der Waals surface area contributed by atoms with Crippen molar-refractivity contribution in [2.24, 2.45) is 40.4 Å². The van der Waals surface area contributed by atoms with Crippen molar-refractivity contribution < 1.29 is 9.47 Å². The molecule has 1 aliphatic heterocycles. The minimum Gasteiger partial charge on any atom is -0.353 e. The van der Waals surface area contributed by atoms with E-state index in [0.717, 1.165) is 49.0 Å². The zero-order valence-electron chi connectivity index (χ0n) is 22.9. The van der Waals surface area contributed by atoms with Crippen LogP contribution in [0.3, 0.4) is 0 Å². The lowest BCUT2D eigenvalue weighted by atomic mass is 9.47. The Morgan fingerprint density at radius 2 is 1.94 bits per heavy atom. The molecule has 0 spiro atoms. The largest absolute Gasteiger partial charge is 0.353 e. The summed E-state index contributed by atoms with van der Waals surface area (Å²) in [6, 6.07) is 0. The highest BCUT2D eigenvalue weighted by molar-refractivity contribution is 5.26. The van der Waals surface area contributed by atoms with Gasteiger partial charge in [0.2, 0.25) is 0 Å². The molecule has 5 aliphatic rings. The third-order valence-corrected chi connectivity index (χ3v) is 11.3. The molecule has 1 saturated heterocycles. The summed E-state index contributed by atoms with van der Waals surface area (Å²) < 4.78 is 12.4. The topological polar surface area (TPSA) is 18.5 Å². The fourth-order valence-electron chi connectivity index (χ4n) is 9.31. The highest BCUT2D eigenvalue weighted by atomic mass is 16.7. The van der Waals surface area contributed by atoms with Crippen molar-refractivity contribution in [3.05, 3.63) is 23.3 Å². The van der Waals surface area contributed by atoms with Crippen LogP contribution < -0.4 is 0 Å². The third-order valence-electron chi connectivity index (χ3n) is 11.3. The molecule has 2 heteroatoms. The molecule has 0 N–H and O–H groups in total. The van der Waals surface area contributed by atoms with Crippen LogP contribution in [0.5, 0.6) is 0 Å². The van der Waals surface area contributed by atoms with E-state index in [1.807, 2.05) is 0 Å². The summed E-state index contributed by atoms with van der Waals surface area (Å²) in [5.74, 6) is 4.35. The van der Waals surface area contributed by atoms with Crippen molar-refractivity contribution in [2.75, 3.05) is 6.61 Å². The number of hydrogen-bond donors (Lipinski definition) is 0. The Kier molecular flexibility index (Phi) is 7.40. The van der Waals surface area contributed by atoms with Crippen LogP contribution in [-0.2, 0) is 9.47 Å². The van der Waals surface area contributed by atoms with Gasteiger partial charge in [-0.2, -0.15) is 0 Å². The van der Waals surface area contributed by atoms with Crippen LogP contribution in [0.4, 0.5) is 0 Å². The first-order valence-corrected chi connectivity index (χ1v) is 14.9. The number of ether oxygens (including phenoxy) is 2. The smallest absolute Gasteiger partial charge is 0.157 e. The lowest BCUT2D eigenvalue weighted by Gasteiger charge is -2.58. The number of allylic oxidation sites excluding steroid dienone is 3. The molecular weight excluding hydrogens is 416 g/mol. The summed E-state index contributed by atoms with van der Waals surface area (Å²) in [7, 11) is 0. The fraction of sp³-hybridized carbons (Fsp3) is 0.875. The molecule has 8 atom stereocenters. The average molecular weight is 469 g/mol. The molecule has 0 aromatic carbocycles. The van der Waals surface area contributed by atoms with Crippen molar-refractivity contribution >= 4 is 0 Å². The van der Waals surface area contributed by atoms with Gasteiger partial charge in [0.1, 0.15) is 0 Å². The van der Waals surface area contributed by atoms with E-state index in [1.165, 1.54) is 70.6 Å². The lowest BCUT2D eigenvalue weighted by molar-refractivity contribution is -0.195. The molecule has 4 aliphatic carbocycles. The maximum Gasteiger partial charge on any atom is 0.157 e. The molecule has 0 aromatic rings. The summed E-state index contributed by atoms with van der Waals surface area (Å²) in [5, 5.41) is 0. The second kappa shape index (κ2) is 10.0. The van der Waals surface area contributed by atoms with Gasteiger partial charge < -0.3 is 9.47 Å². The number of hydrogen-bond acceptors (Lipinski definition) is 2. The maximum absolute atomic E-state index is 6.47. The maximum atomic E-state index is 6.47. The van der Waals surface area contributed by atoms with Crippen molar-refractivity contribution in [2.45, 2.75) is 130 Å². The van der Waals surface area contributed by atoms with E-state index in [1.54, 1.807) is 11.1 Å². The van der Waals surface area contributed by atoms with Gasteiger partial charge in [-0.1, -0.05) is 51.0 Å². The zero-order chi connectivity index (χ0) is 23.9. The summed E-state index contributed by atoms with van der Waals surface area (Å²) in [4.78, 5) is 0. The minimum atomic E-state index is 0.0580. The molecule has 5 unspecified atom stereocenters. The highest BCUT2D eigenvalue weighted by Crippen LogP contribution is 2.67. The van der Waals surface area contributed by atoms with E-state index >= 15 is 0 Å². The van der Waals surface area contributed by atoms with Gasteiger partial charge in [0, 0.05) is 6.61 Å². The highest BCUT2D eigenvalue weighted by Gasteiger charge is 2.58. The van der Waals surface area contributed by atoms with Gasteiger partial charge in [-0.3, -0.25) is 0 Å². The molecule has 192 valence electrons. The number of fused-ring (bicyclic) bond motifs is 5. The van der Waals surface area contributed by atoms with Gasteiger partial charge in [0.05, 0.1) is 6.10 Å². The van der Waals surface area contributed by atoms with Gasteiger partial charge >= 0.3 is 0 Å². The molecule has 0 bridgehead atoms. The Bertz CT molecular complexity index is 774. The zero-order valence-corrected chi connectivity index (χ0v) is 22.9. The minimum absolute atomic E-state index is 0.0580. The predicted molar refractivity (Wildman–Crippen MR) is 141 cm³/mol. The monoisotopic (exact) mass is 468 g/mol. The summed E-state index contributed by atoms with van der Waals surface area (Å²) in [5.41, 5.74) is 4.39. The van der Waals surface area contributed by atoms with E-state index in [9.17, 15) is 0 Å². The van der Waals surface area contributed by atoms with Crippen LogP contribution in [0.1, 0.15) is 118 Å². The first kappa shape index (κ1) is 25.1. The SMILES string of the molecule is C/C(=C/CCC(C)C)[C@H]1CCC2C3CC=C4C[C@@H](OC5CCCCO5)CCC4(C)C3CC[C@@]21C. The van der Waals surface area contributed by atoms with Crippen LogP contribution in [-0.4, -0.2) is 19.0 Å². The third kappa shape index (κ3) is 4.60. The Balaban J connectivity index is 1.27. The predicted octanol–water partition coefficient (Wildman–Crippen LogP) is 8.86. The van der Waals surface area contributed by atoms with Crippen LogP contribution >= 0.6 is 0 Å². The first-order valence-electron chi connectivity index (χ1n) is 14.9. The average Bonchev–Trinajstić information content (AvgIpc) is 3.17. The van der Waals surface area contributed by atoms with Crippen LogP contribution in [0, 0.1) is 40.4 Å². The lowest BCUT2D eigenvalue weighted by Crippen LogP contribution is -2.50. The van der Waals surface area contributed by atoms with Gasteiger partial charge in [-0.15, -0.1) is 0 Å². The van der Waals surface area contributed by atoms with Crippen LogP contribution in [0.25, 0.3) is 0 Å². The van der Waals surface area contributed by atoms with Gasteiger partial charge in [0.15, 0.2) is 6.29 Å². The molecule has 2 nitrogen and oxygen atoms in total. The van der Waals surface area contributed by atoms with Crippen LogP contribution in [0.2, 0.25) is 0 Å². The Labute approximate surface area is 210 Å². The molecular formula is C32H52O2. The molecule has 1 heterocycles. The second-order valence-corrected chi connectivity index (χ2v) is 13.7. The van der Waals surface area contributed by atoms with Gasteiger partial charge in [-0.25, -0.2) is 0 Å². The van der Waals surface area contributed by atoms with Crippen LogP contribution in [0.15, 0.2) is 23.3 Å². The quantitative estimate of drug-likeness (QED) is 0.362. The summed E-state index contributed by atoms with van der Waals surface area (Å²) in [6.45, 7) is 13.4. The van der Waals surface area contributed by atoms with Crippen molar-refractivity contribution in [3.8, 4) is 0 Å². The molecule has 0 aromatic heterocycles. The molecule has 0 radical (unpaired) electrons. The summed E-state index contributed by atoms with van der Waals surface area (Å²) >= 11 is 0. The Morgan fingerprint density at radius 3 is 2.71 bits per heavy atom. The Hall–Kier alpha value is -0.600. The summed E-state index contributed by atoms with van der Waals surface area (Å²) in [6.07, 6.45) is 22.7. The standard InChI is InChI=1S/C32H52O2/c1-22(2)9-8-10-23(3)27-14-15-28-26-13-12-24-21-25(34-30-11-6-7-20-33-30)16-18-31(24,4)29(26)17-19-32(27,28)5/h10,12,22,25-30H,6-9,11,13-21H2,1-5H3/b23-10-/t25-,26?,27+,28?,29?,30?,31?,32+/m0/s1. The van der Waals surface area contributed by atoms with E-state index in [2.05, 4.69) is 46.8 Å². The van der Waals surface area contributed by atoms with E-state index < -0.39 is 0 Å². The second-order valence-electron chi connectivity index (χ2n) is 13.7. The van der Waals surface area contributed by atoms with Crippen molar-refractivity contribution in [1.82, 2.24) is 0 Å². The van der Waals surface area contributed by atoms with Crippen molar-refractivity contribution in [1.29, 1.82) is 0 Å². The number of rotatable bonds is 6. The molecule has 0 amide bonds. The molecule has 4 fully saturated rings. The van der Waals surface area contributed by atoms with E-state index in [0.29, 0.717) is 16.9 Å². The molecule has 5 rings (SSSR count).